The first-order valence-corrected chi connectivity index (χ1v) is 7.66. The highest BCUT2D eigenvalue weighted by atomic mass is 35.5. The van der Waals surface area contributed by atoms with E-state index in [2.05, 4.69) is 9.80 Å². The normalized spacial score (nSPS) is 15.8. The number of methoxy groups -OCH3 is 3. The SMILES string of the molecule is COc1ccc(CN2CCN(CCN)CC2)c(OC)c1OC.Cl. The second-order valence-corrected chi connectivity index (χ2v) is 5.40. The molecule has 1 aromatic rings. The van der Waals surface area contributed by atoms with Crippen LogP contribution < -0.4 is 19.9 Å². The first-order chi connectivity index (χ1) is 10.7. The third kappa shape index (κ3) is 4.88. The molecule has 1 aromatic carbocycles. The molecule has 1 aliphatic heterocycles. The van der Waals surface area contributed by atoms with Crippen LogP contribution in [0.15, 0.2) is 12.1 Å². The molecule has 0 amide bonds. The van der Waals surface area contributed by atoms with E-state index >= 15 is 0 Å². The highest BCUT2D eigenvalue weighted by molar-refractivity contribution is 5.85. The Kier molecular flexibility index (Phi) is 8.47. The molecule has 0 aliphatic carbocycles. The Morgan fingerprint density at radius 3 is 2.04 bits per heavy atom. The minimum Gasteiger partial charge on any atom is -0.493 e. The number of rotatable bonds is 7. The van der Waals surface area contributed by atoms with Gasteiger partial charge in [-0.25, -0.2) is 0 Å². The van der Waals surface area contributed by atoms with E-state index in [1.807, 2.05) is 12.1 Å². The van der Waals surface area contributed by atoms with E-state index in [4.69, 9.17) is 19.9 Å². The first kappa shape index (κ1) is 19.8. The molecule has 23 heavy (non-hydrogen) atoms. The van der Waals surface area contributed by atoms with Gasteiger partial charge in [-0.05, 0) is 6.07 Å². The monoisotopic (exact) mass is 345 g/mol. The number of nitrogens with zero attached hydrogens (tertiary/aromatic N) is 2. The van der Waals surface area contributed by atoms with E-state index in [-0.39, 0.29) is 12.4 Å². The van der Waals surface area contributed by atoms with Crippen molar-refractivity contribution in [1.82, 2.24) is 9.80 Å². The van der Waals surface area contributed by atoms with Gasteiger partial charge in [-0.15, -0.1) is 12.4 Å². The summed E-state index contributed by atoms with van der Waals surface area (Å²) in [7, 11) is 4.93. The maximum absolute atomic E-state index is 5.62. The number of benzene rings is 1. The van der Waals surface area contributed by atoms with Crippen molar-refractivity contribution in [3.8, 4) is 17.2 Å². The maximum atomic E-state index is 5.62. The number of ether oxygens (including phenoxy) is 3. The summed E-state index contributed by atoms with van der Waals surface area (Å²) in [5.41, 5.74) is 6.74. The first-order valence-electron chi connectivity index (χ1n) is 7.66. The van der Waals surface area contributed by atoms with Crippen molar-refractivity contribution < 1.29 is 14.2 Å². The highest BCUT2D eigenvalue weighted by Crippen LogP contribution is 2.40. The summed E-state index contributed by atoms with van der Waals surface area (Å²) in [6, 6.07) is 3.98. The van der Waals surface area contributed by atoms with Gasteiger partial charge >= 0.3 is 0 Å². The minimum absolute atomic E-state index is 0. The van der Waals surface area contributed by atoms with E-state index in [0.29, 0.717) is 11.5 Å². The van der Waals surface area contributed by atoms with Crippen LogP contribution in [0.3, 0.4) is 0 Å². The second kappa shape index (κ2) is 9.82. The molecule has 0 atom stereocenters. The van der Waals surface area contributed by atoms with Gasteiger partial charge in [0.1, 0.15) is 0 Å². The van der Waals surface area contributed by atoms with Crippen molar-refractivity contribution in [2.24, 2.45) is 5.73 Å². The Balaban J connectivity index is 0.00000264. The van der Waals surface area contributed by atoms with Crippen LogP contribution >= 0.6 is 12.4 Å². The molecule has 132 valence electrons. The number of hydrogen-bond acceptors (Lipinski definition) is 6. The third-order valence-electron chi connectivity index (χ3n) is 4.09. The van der Waals surface area contributed by atoms with Gasteiger partial charge in [-0.3, -0.25) is 9.80 Å². The Morgan fingerprint density at radius 1 is 0.913 bits per heavy atom. The van der Waals surface area contributed by atoms with Crippen LogP contribution in [0.4, 0.5) is 0 Å². The fourth-order valence-electron chi connectivity index (χ4n) is 2.88. The molecule has 0 bridgehead atoms. The van der Waals surface area contributed by atoms with Crippen LogP contribution in [0.2, 0.25) is 0 Å². The van der Waals surface area contributed by atoms with Gasteiger partial charge in [0.05, 0.1) is 21.3 Å². The van der Waals surface area contributed by atoms with Gasteiger partial charge in [-0.1, -0.05) is 6.07 Å². The Labute approximate surface area is 144 Å². The zero-order valence-corrected chi connectivity index (χ0v) is 15.0. The van der Waals surface area contributed by atoms with Gasteiger partial charge in [0, 0.05) is 51.4 Å². The van der Waals surface area contributed by atoms with E-state index in [1.54, 1.807) is 21.3 Å². The summed E-state index contributed by atoms with van der Waals surface area (Å²) < 4.78 is 16.3. The minimum atomic E-state index is 0. The smallest absolute Gasteiger partial charge is 0.203 e. The molecular formula is C16H28ClN3O3. The molecule has 0 saturated carbocycles. The molecule has 6 nitrogen and oxygen atoms in total. The van der Waals surface area contributed by atoms with E-state index < -0.39 is 0 Å². The molecule has 0 radical (unpaired) electrons. The Morgan fingerprint density at radius 2 is 1.52 bits per heavy atom. The average Bonchev–Trinajstić information content (AvgIpc) is 2.56. The lowest BCUT2D eigenvalue weighted by atomic mass is 10.1. The molecule has 0 spiro atoms. The summed E-state index contributed by atoms with van der Waals surface area (Å²) >= 11 is 0. The van der Waals surface area contributed by atoms with Gasteiger partial charge in [-0.2, -0.15) is 0 Å². The number of piperazine rings is 1. The fourth-order valence-corrected chi connectivity index (χ4v) is 2.88. The summed E-state index contributed by atoms with van der Waals surface area (Å²) in [4.78, 5) is 4.83. The van der Waals surface area contributed by atoms with Crippen LogP contribution in [0.1, 0.15) is 5.56 Å². The van der Waals surface area contributed by atoms with Crippen LogP contribution in [0.25, 0.3) is 0 Å². The predicted octanol–water partition coefficient (Wildman–Crippen LogP) is 1.21. The lowest BCUT2D eigenvalue weighted by molar-refractivity contribution is 0.129. The summed E-state index contributed by atoms with van der Waals surface area (Å²) in [5, 5.41) is 0. The fraction of sp³-hybridized carbons (Fsp3) is 0.625. The van der Waals surface area contributed by atoms with Crippen LogP contribution in [0.5, 0.6) is 17.2 Å². The number of nitrogens with two attached hydrogens (primary N) is 1. The molecule has 0 aromatic heterocycles. The Hall–Kier alpha value is -1.21. The van der Waals surface area contributed by atoms with Gasteiger partial charge in [0.15, 0.2) is 11.5 Å². The molecule has 1 saturated heterocycles. The molecule has 0 unspecified atom stereocenters. The van der Waals surface area contributed by atoms with Crippen LogP contribution in [0, 0.1) is 0 Å². The largest absolute Gasteiger partial charge is 0.493 e. The zero-order valence-electron chi connectivity index (χ0n) is 14.2. The molecule has 1 heterocycles. The van der Waals surface area contributed by atoms with Crippen molar-refractivity contribution in [2.45, 2.75) is 6.54 Å². The number of hydrogen-bond donors (Lipinski definition) is 1. The van der Waals surface area contributed by atoms with Crippen molar-refractivity contribution in [2.75, 3.05) is 60.6 Å². The lowest BCUT2D eigenvalue weighted by Crippen LogP contribution is -2.47. The standard InChI is InChI=1S/C16H27N3O3.ClH/c1-20-14-5-4-13(15(21-2)16(14)22-3)12-19-10-8-18(7-6-17)9-11-19;/h4-5H,6-12,17H2,1-3H3;1H. The van der Waals surface area contributed by atoms with E-state index in [1.165, 1.54) is 0 Å². The van der Waals surface area contributed by atoms with Gasteiger partial charge in [0.2, 0.25) is 5.75 Å². The topological polar surface area (TPSA) is 60.2 Å². The van der Waals surface area contributed by atoms with Crippen molar-refractivity contribution in [3.63, 3.8) is 0 Å². The summed E-state index contributed by atoms with van der Waals surface area (Å²) in [6.45, 7) is 6.76. The van der Waals surface area contributed by atoms with Crippen molar-refractivity contribution >= 4 is 12.4 Å². The summed E-state index contributed by atoms with van der Waals surface area (Å²) in [6.07, 6.45) is 0. The second-order valence-electron chi connectivity index (χ2n) is 5.40. The lowest BCUT2D eigenvalue weighted by Gasteiger charge is -2.34. The van der Waals surface area contributed by atoms with Crippen LogP contribution in [-0.2, 0) is 6.54 Å². The van der Waals surface area contributed by atoms with Crippen molar-refractivity contribution in [3.05, 3.63) is 17.7 Å². The number of halogens is 1. The van der Waals surface area contributed by atoms with Gasteiger partial charge in [0.25, 0.3) is 0 Å². The predicted molar refractivity (Wildman–Crippen MR) is 94.1 cm³/mol. The third-order valence-corrected chi connectivity index (χ3v) is 4.09. The zero-order chi connectivity index (χ0) is 15.9. The Bertz CT molecular complexity index is 480. The molecular weight excluding hydrogens is 318 g/mol. The average molecular weight is 346 g/mol. The quantitative estimate of drug-likeness (QED) is 0.801. The molecule has 1 fully saturated rings. The molecule has 1 aliphatic rings. The highest BCUT2D eigenvalue weighted by Gasteiger charge is 2.20. The van der Waals surface area contributed by atoms with Gasteiger partial charge < -0.3 is 19.9 Å². The molecule has 2 rings (SSSR count). The molecule has 2 N–H and O–H groups in total. The van der Waals surface area contributed by atoms with E-state index in [9.17, 15) is 0 Å². The molecule has 7 heteroatoms. The maximum Gasteiger partial charge on any atom is 0.203 e. The summed E-state index contributed by atoms with van der Waals surface area (Å²) in [5.74, 6) is 2.10. The van der Waals surface area contributed by atoms with Crippen molar-refractivity contribution in [1.29, 1.82) is 0 Å². The van der Waals surface area contributed by atoms with Crippen LogP contribution in [-0.4, -0.2) is 70.4 Å². The van der Waals surface area contributed by atoms with E-state index in [0.717, 1.165) is 57.1 Å².